The van der Waals surface area contributed by atoms with Crippen molar-refractivity contribution in [2.75, 3.05) is 0 Å². The van der Waals surface area contributed by atoms with Crippen LogP contribution in [0.3, 0.4) is 0 Å². The molecule has 0 fully saturated rings. The molecule has 0 spiro atoms. The van der Waals surface area contributed by atoms with Crippen LogP contribution in [0.15, 0.2) is 48.5 Å². The highest BCUT2D eigenvalue weighted by Gasteiger charge is 2.15. The number of hydrogen-bond acceptors (Lipinski definition) is 4. The molecule has 0 N–H and O–H groups in total. The Morgan fingerprint density at radius 3 is 1.93 bits per heavy atom. The van der Waals surface area contributed by atoms with Crippen molar-refractivity contribution in [3.05, 3.63) is 71.5 Å². The number of esters is 2. The number of carbonyl (C=O) groups is 2. The number of rotatable bonds is 3. The summed E-state index contributed by atoms with van der Waals surface area (Å²) in [6, 6.07) is 10.5. The van der Waals surface area contributed by atoms with Crippen LogP contribution in [0.1, 0.15) is 31.1 Å². The van der Waals surface area contributed by atoms with E-state index in [-0.39, 0.29) is 5.56 Å². The number of ether oxygens (including phenoxy) is 2. The van der Waals surface area contributed by atoms with Crippen molar-refractivity contribution in [1.29, 1.82) is 0 Å². The van der Waals surface area contributed by atoms with Crippen LogP contribution in [-0.4, -0.2) is 11.9 Å². The summed E-state index contributed by atoms with van der Waals surface area (Å²) in [5.74, 6) is -5.95. The third-order valence-corrected chi connectivity index (χ3v) is 3.48. The van der Waals surface area contributed by atoms with Gasteiger partial charge in [0.1, 0.15) is 11.5 Å². The van der Waals surface area contributed by atoms with Crippen molar-refractivity contribution in [3.8, 4) is 11.5 Å². The largest absolute Gasteiger partial charge is 0.427 e. The molecule has 0 unspecified atom stereocenters. The molecule has 3 aromatic rings. The van der Waals surface area contributed by atoms with E-state index in [1.165, 1.54) is 19.1 Å². The minimum atomic E-state index is -1.64. The average molecular weight is 390 g/mol. The van der Waals surface area contributed by atoms with Gasteiger partial charge in [-0.3, -0.25) is 4.79 Å². The maximum Gasteiger partial charge on any atom is 0.343 e. The molecule has 4 nitrogen and oxygen atoms in total. The third kappa shape index (κ3) is 4.88. The van der Waals surface area contributed by atoms with E-state index in [2.05, 4.69) is 0 Å². The molecular weight excluding hydrogens is 373 g/mol. The van der Waals surface area contributed by atoms with E-state index in [0.29, 0.717) is 28.7 Å². The van der Waals surface area contributed by atoms with E-state index < -0.39 is 35.1 Å². The Labute approximate surface area is 159 Å². The highest BCUT2D eigenvalue weighted by atomic mass is 19.2. The van der Waals surface area contributed by atoms with Crippen LogP contribution >= 0.6 is 0 Å². The molecule has 0 atom stereocenters. The van der Waals surface area contributed by atoms with Gasteiger partial charge in [-0.15, -0.1) is 0 Å². The fourth-order valence-corrected chi connectivity index (χ4v) is 2.34. The molecule has 7 heteroatoms. The molecule has 0 amide bonds. The van der Waals surface area contributed by atoms with Crippen LogP contribution in [0.5, 0.6) is 11.5 Å². The standard InChI is InChI=1S/C19H11F3O4.C2H6/c1-10(23)25-14-5-4-11-6-13(3-2-12(11)7-14)19(24)26-15-8-16(20)18(22)17(21)9-15;1-2/h2-9H,1H3;1-2H3. The predicted molar refractivity (Wildman–Crippen MR) is 97.9 cm³/mol. The van der Waals surface area contributed by atoms with Gasteiger partial charge in [0.05, 0.1) is 5.56 Å². The second kappa shape index (κ2) is 9.03. The Bertz CT molecular complexity index is 1010. The minimum Gasteiger partial charge on any atom is -0.427 e. The molecule has 0 saturated heterocycles. The Hall–Kier alpha value is -3.35. The molecule has 0 aliphatic rings. The monoisotopic (exact) mass is 390 g/mol. The lowest BCUT2D eigenvalue weighted by molar-refractivity contribution is -0.131. The first-order valence-electron chi connectivity index (χ1n) is 8.42. The topological polar surface area (TPSA) is 52.6 Å². The Balaban J connectivity index is 0.00000136. The maximum absolute atomic E-state index is 13.2. The highest BCUT2D eigenvalue weighted by molar-refractivity contribution is 5.96. The SMILES string of the molecule is CC.CC(=O)Oc1ccc2cc(C(=O)Oc3cc(F)c(F)c(F)c3)ccc2c1. The van der Waals surface area contributed by atoms with E-state index in [0.717, 1.165) is 0 Å². The quantitative estimate of drug-likeness (QED) is 0.340. The molecule has 0 bridgehead atoms. The van der Waals surface area contributed by atoms with Gasteiger partial charge in [0, 0.05) is 19.1 Å². The molecule has 0 radical (unpaired) electrons. The number of fused-ring (bicyclic) bond motifs is 1. The van der Waals surface area contributed by atoms with E-state index in [1.54, 1.807) is 24.3 Å². The molecule has 0 aliphatic heterocycles. The van der Waals surface area contributed by atoms with Crippen molar-refractivity contribution >= 4 is 22.7 Å². The van der Waals surface area contributed by atoms with Crippen LogP contribution in [-0.2, 0) is 4.79 Å². The van der Waals surface area contributed by atoms with Gasteiger partial charge in [0.15, 0.2) is 17.5 Å². The normalized spacial score (nSPS) is 10.1. The molecule has 0 aromatic heterocycles. The number of halogens is 3. The van der Waals surface area contributed by atoms with Gasteiger partial charge >= 0.3 is 11.9 Å². The Morgan fingerprint density at radius 2 is 1.32 bits per heavy atom. The summed E-state index contributed by atoms with van der Waals surface area (Å²) in [6.45, 7) is 5.28. The highest BCUT2D eigenvalue weighted by Crippen LogP contribution is 2.24. The summed E-state index contributed by atoms with van der Waals surface area (Å²) in [5.41, 5.74) is 0.128. The predicted octanol–water partition coefficient (Wildman–Crippen LogP) is 5.43. The van der Waals surface area contributed by atoms with Crippen molar-refractivity contribution in [1.82, 2.24) is 0 Å². The van der Waals surface area contributed by atoms with Crippen LogP contribution in [0.4, 0.5) is 13.2 Å². The van der Waals surface area contributed by atoms with Crippen LogP contribution < -0.4 is 9.47 Å². The fraction of sp³-hybridized carbons (Fsp3) is 0.143. The number of benzene rings is 3. The summed E-state index contributed by atoms with van der Waals surface area (Å²) in [6.07, 6.45) is 0. The van der Waals surface area contributed by atoms with E-state index in [4.69, 9.17) is 9.47 Å². The zero-order chi connectivity index (χ0) is 20.8. The van der Waals surface area contributed by atoms with Crippen molar-refractivity contribution in [2.45, 2.75) is 20.8 Å². The lowest BCUT2D eigenvalue weighted by Crippen LogP contribution is -2.09. The lowest BCUT2D eigenvalue weighted by atomic mass is 10.1. The van der Waals surface area contributed by atoms with E-state index in [1.807, 2.05) is 13.8 Å². The van der Waals surface area contributed by atoms with Crippen molar-refractivity contribution in [2.24, 2.45) is 0 Å². The lowest BCUT2D eigenvalue weighted by Gasteiger charge is -2.07. The second-order valence-electron chi connectivity index (χ2n) is 5.41. The summed E-state index contributed by atoms with van der Waals surface area (Å²) in [4.78, 5) is 23.1. The zero-order valence-electron chi connectivity index (χ0n) is 15.4. The molecule has 0 aliphatic carbocycles. The number of hydrogen-bond donors (Lipinski definition) is 0. The second-order valence-corrected chi connectivity index (χ2v) is 5.41. The van der Waals surface area contributed by atoms with E-state index >= 15 is 0 Å². The van der Waals surface area contributed by atoms with Crippen LogP contribution in [0, 0.1) is 17.5 Å². The first kappa shape index (κ1) is 21.0. The summed E-state index contributed by atoms with van der Waals surface area (Å²) >= 11 is 0. The van der Waals surface area contributed by atoms with Gasteiger partial charge < -0.3 is 9.47 Å². The summed E-state index contributed by atoms with van der Waals surface area (Å²) in [7, 11) is 0. The van der Waals surface area contributed by atoms with Crippen molar-refractivity contribution < 1.29 is 32.2 Å². The zero-order valence-corrected chi connectivity index (χ0v) is 15.4. The molecule has 0 heterocycles. The molecule has 3 rings (SSSR count). The fourth-order valence-electron chi connectivity index (χ4n) is 2.34. The molecule has 0 saturated carbocycles. The van der Waals surface area contributed by atoms with Gasteiger partial charge in [0.2, 0.25) is 0 Å². The van der Waals surface area contributed by atoms with Gasteiger partial charge in [0.25, 0.3) is 0 Å². The summed E-state index contributed by atoms with van der Waals surface area (Å²) < 4.78 is 49.2. The Kier molecular flexibility index (Phi) is 6.76. The van der Waals surface area contributed by atoms with E-state index in [9.17, 15) is 22.8 Å². The number of carbonyl (C=O) groups excluding carboxylic acids is 2. The average Bonchev–Trinajstić information content (AvgIpc) is 2.66. The Morgan fingerprint density at radius 1 is 0.750 bits per heavy atom. The first-order chi connectivity index (χ1) is 13.3. The maximum atomic E-state index is 13.2. The van der Waals surface area contributed by atoms with Gasteiger partial charge in [-0.25, -0.2) is 18.0 Å². The van der Waals surface area contributed by atoms with Crippen molar-refractivity contribution in [3.63, 3.8) is 0 Å². The smallest absolute Gasteiger partial charge is 0.343 e. The molecule has 28 heavy (non-hydrogen) atoms. The molecule has 146 valence electrons. The minimum absolute atomic E-state index is 0.128. The van der Waals surface area contributed by atoms with Gasteiger partial charge in [-0.2, -0.15) is 0 Å². The molecule has 3 aromatic carbocycles. The van der Waals surface area contributed by atoms with Crippen LogP contribution in [0.2, 0.25) is 0 Å². The van der Waals surface area contributed by atoms with Gasteiger partial charge in [-0.1, -0.05) is 26.0 Å². The first-order valence-corrected chi connectivity index (χ1v) is 8.42. The molecular formula is C21H17F3O4. The van der Waals surface area contributed by atoms with Crippen LogP contribution in [0.25, 0.3) is 10.8 Å². The summed E-state index contributed by atoms with van der Waals surface area (Å²) in [5, 5.41) is 1.37. The van der Waals surface area contributed by atoms with Gasteiger partial charge in [-0.05, 0) is 35.0 Å². The third-order valence-electron chi connectivity index (χ3n) is 3.48.